The number of ether oxygens (including phenoxy) is 1. The van der Waals surface area contributed by atoms with E-state index in [1.807, 2.05) is 0 Å². The maximum Gasteiger partial charge on any atom is 0.410 e. The highest BCUT2D eigenvalue weighted by Gasteiger charge is 2.60. The van der Waals surface area contributed by atoms with Crippen LogP contribution in [0.15, 0.2) is 0 Å². The zero-order valence-electron chi connectivity index (χ0n) is 11.1. The molecule has 2 atom stereocenters. The van der Waals surface area contributed by atoms with E-state index in [1.54, 1.807) is 0 Å². The van der Waals surface area contributed by atoms with Gasteiger partial charge in [-0.25, -0.2) is 4.79 Å². The first-order chi connectivity index (χ1) is 8.72. The number of likely N-dealkylation sites (tertiary alicyclic amines) is 1. The summed E-state index contributed by atoms with van der Waals surface area (Å²) < 4.78 is 80.6. The lowest BCUT2D eigenvalue weighted by molar-refractivity contribution is -0.239. The number of carbonyl (C=O) groups excluding carboxylic acids is 1. The van der Waals surface area contributed by atoms with Gasteiger partial charge in [-0.05, 0) is 20.8 Å². The summed E-state index contributed by atoms with van der Waals surface area (Å²) in [6.07, 6.45) is -11.2. The first kappa shape index (κ1) is 16.9. The molecule has 1 heterocycles. The number of halogens is 6. The van der Waals surface area contributed by atoms with Crippen molar-refractivity contribution >= 4 is 6.09 Å². The van der Waals surface area contributed by atoms with E-state index in [0.717, 1.165) is 0 Å². The van der Waals surface area contributed by atoms with Crippen molar-refractivity contribution in [2.45, 2.75) is 38.7 Å². The van der Waals surface area contributed by atoms with Crippen molar-refractivity contribution in [2.24, 2.45) is 11.8 Å². The van der Waals surface area contributed by atoms with Gasteiger partial charge in [0.15, 0.2) is 0 Å². The molecule has 0 radical (unpaired) electrons. The Morgan fingerprint density at radius 3 is 1.55 bits per heavy atom. The lowest BCUT2D eigenvalue weighted by atomic mass is 9.95. The predicted molar refractivity (Wildman–Crippen MR) is 56.9 cm³/mol. The molecule has 1 rings (SSSR count). The van der Waals surface area contributed by atoms with Crippen molar-refractivity contribution in [3.8, 4) is 0 Å². The third kappa shape index (κ3) is 4.17. The molecule has 9 heteroatoms. The van der Waals surface area contributed by atoms with Gasteiger partial charge in [0.1, 0.15) is 5.60 Å². The van der Waals surface area contributed by atoms with E-state index in [0.29, 0.717) is 4.90 Å². The van der Waals surface area contributed by atoms with Crippen molar-refractivity contribution in [2.75, 3.05) is 13.1 Å². The zero-order valence-corrected chi connectivity index (χ0v) is 11.1. The van der Waals surface area contributed by atoms with Crippen molar-refractivity contribution < 1.29 is 35.9 Å². The Balaban J connectivity index is 2.88. The summed E-state index contributed by atoms with van der Waals surface area (Å²) in [5.41, 5.74) is -0.985. The number of hydrogen-bond donors (Lipinski definition) is 0. The third-order valence-electron chi connectivity index (χ3n) is 2.81. The largest absolute Gasteiger partial charge is 0.444 e. The van der Waals surface area contributed by atoms with Crippen LogP contribution in [0.1, 0.15) is 20.8 Å². The first-order valence-corrected chi connectivity index (χ1v) is 5.83. The second kappa shape index (κ2) is 5.00. The van der Waals surface area contributed by atoms with Gasteiger partial charge in [0.25, 0.3) is 0 Å². The van der Waals surface area contributed by atoms with Crippen LogP contribution in [0.3, 0.4) is 0 Å². The van der Waals surface area contributed by atoms with Crippen molar-refractivity contribution in [1.82, 2.24) is 4.90 Å². The molecule has 0 aromatic rings. The molecule has 0 unspecified atom stereocenters. The average Bonchev–Trinajstić information content (AvgIpc) is 2.56. The SMILES string of the molecule is CC(C)(C)OC(=O)N1C[C@@H](C(F)(F)F)[C@@H](C(F)(F)F)C1. The molecule has 0 spiro atoms. The third-order valence-corrected chi connectivity index (χ3v) is 2.81. The molecule has 3 nitrogen and oxygen atoms in total. The average molecular weight is 307 g/mol. The normalized spacial score (nSPS) is 24.9. The van der Waals surface area contributed by atoms with Gasteiger partial charge in [-0.2, -0.15) is 26.3 Å². The quantitative estimate of drug-likeness (QED) is 0.640. The molecule has 0 aliphatic carbocycles. The molecule has 1 amide bonds. The molecule has 1 fully saturated rings. The molecule has 0 saturated carbocycles. The second-order valence-electron chi connectivity index (χ2n) is 5.68. The second-order valence-corrected chi connectivity index (χ2v) is 5.68. The summed E-state index contributed by atoms with van der Waals surface area (Å²) in [5.74, 6) is -5.23. The van der Waals surface area contributed by atoms with E-state index in [-0.39, 0.29) is 0 Å². The van der Waals surface area contributed by atoms with Crippen molar-refractivity contribution in [3.05, 3.63) is 0 Å². The molecule has 1 aliphatic heterocycles. The lowest BCUT2D eigenvalue weighted by Crippen LogP contribution is -2.37. The standard InChI is InChI=1S/C11H15F6NO2/c1-9(2,3)20-8(19)18-4-6(10(12,13)14)7(5-18)11(15,16)17/h6-7H,4-5H2,1-3H3/t6-,7+. The van der Waals surface area contributed by atoms with Crippen LogP contribution in [0.4, 0.5) is 31.1 Å². The summed E-state index contributed by atoms with van der Waals surface area (Å²) in [4.78, 5) is 12.0. The van der Waals surface area contributed by atoms with Gasteiger partial charge in [-0.1, -0.05) is 0 Å². The van der Waals surface area contributed by atoms with Crippen LogP contribution in [0.5, 0.6) is 0 Å². The van der Waals surface area contributed by atoms with Crippen LogP contribution in [0, 0.1) is 11.8 Å². The minimum absolute atomic E-state index is 0.460. The van der Waals surface area contributed by atoms with E-state index >= 15 is 0 Å². The van der Waals surface area contributed by atoms with Gasteiger partial charge in [0.2, 0.25) is 0 Å². The molecule has 0 aromatic heterocycles. The molecule has 1 aliphatic rings. The number of rotatable bonds is 0. The number of carbonyl (C=O) groups is 1. The fourth-order valence-electron chi connectivity index (χ4n) is 1.94. The van der Waals surface area contributed by atoms with Crippen LogP contribution in [-0.2, 0) is 4.74 Å². The van der Waals surface area contributed by atoms with Crippen LogP contribution in [0.2, 0.25) is 0 Å². The van der Waals surface area contributed by atoms with Gasteiger partial charge >= 0.3 is 18.4 Å². The first-order valence-electron chi connectivity index (χ1n) is 5.83. The van der Waals surface area contributed by atoms with E-state index < -0.39 is 49.0 Å². The Morgan fingerprint density at radius 1 is 0.950 bits per heavy atom. The molecule has 20 heavy (non-hydrogen) atoms. The summed E-state index contributed by atoms with van der Waals surface area (Å²) >= 11 is 0. The van der Waals surface area contributed by atoms with E-state index in [1.165, 1.54) is 20.8 Å². The van der Waals surface area contributed by atoms with Gasteiger partial charge in [-0.15, -0.1) is 0 Å². The smallest absolute Gasteiger partial charge is 0.410 e. The Labute approximate surface area is 111 Å². The van der Waals surface area contributed by atoms with Gasteiger partial charge < -0.3 is 9.64 Å². The Morgan fingerprint density at radius 2 is 1.30 bits per heavy atom. The van der Waals surface area contributed by atoms with E-state index in [4.69, 9.17) is 4.74 Å². The molecule has 0 N–H and O–H groups in total. The number of nitrogens with zero attached hydrogens (tertiary/aromatic N) is 1. The molecular formula is C11H15F6NO2. The Hall–Kier alpha value is -1.15. The fraction of sp³-hybridized carbons (Fsp3) is 0.909. The predicted octanol–water partition coefficient (Wildman–Crippen LogP) is 3.59. The van der Waals surface area contributed by atoms with Crippen LogP contribution >= 0.6 is 0 Å². The van der Waals surface area contributed by atoms with E-state index in [9.17, 15) is 31.1 Å². The molecule has 118 valence electrons. The van der Waals surface area contributed by atoms with Gasteiger partial charge in [0, 0.05) is 13.1 Å². The summed E-state index contributed by atoms with van der Waals surface area (Å²) in [6, 6.07) is 0. The van der Waals surface area contributed by atoms with Gasteiger partial charge in [-0.3, -0.25) is 0 Å². The molecule has 1 saturated heterocycles. The maximum atomic E-state index is 12.6. The summed E-state index contributed by atoms with van der Waals surface area (Å²) in [5, 5.41) is 0. The molecular weight excluding hydrogens is 292 g/mol. The molecule has 0 bridgehead atoms. The highest BCUT2D eigenvalue weighted by atomic mass is 19.4. The van der Waals surface area contributed by atoms with E-state index in [2.05, 4.69) is 0 Å². The minimum atomic E-state index is -5.02. The topological polar surface area (TPSA) is 29.5 Å². The van der Waals surface area contributed by atoms with Crippen LogP contribution < -0.4 is 0 Å². The van der Waals surface area contributed by atoms with Crippen LogP contribution in [0.25, 0.3) is 0 Å². The monoisotopic (exact) mass is 307 g/mol. The number of hydrogen-bond acceptors (Lipinski definition) is 2. The molecule has 0 aromatic carbocycles. The van der Waals surface area contributed by atoms with Gasteiger partial charge in [0.05, 0.1) is 11.8 Å². The van der Waals surface area contributed by atoms with Crippen molar-refractivity contribution in [1.29, 1.82) is 0 Å². The lowest BCUT2D eigenvalue weighted by Gasteiger charge is -2.24. The number of alkyl halides is 6. The minimum Gasteiger partial charge on any atom is -0.444 e. The zero-order chi connectivity index (χ0) is 15.9. The maximum absolute atomic E-state index is 12.6. The van der Waals surface area contributed by atoms with Crippen molar-refractivity contribution in [3.63, 3.8) is 0 Å². The highest BCUT2D eigenvalue weighted by Crippen LogP contribution is 2.45. The number of amides is 1. The van der Waals surface area contributed by atoms with Crippen LogP contribution in [-0.4, -0.2) is 42.0 Å². The highest BCUT2D eigenvalue weighted by molar-refractivity contribution is 5.68. The summed E-state index contributed by atoms with van der Waals surface area (Å²) in [6.45, 7) is 2.35. The Bertz CT molecular complexity index is 349. The summed E-state index contributed by atoms with van der Waals surface area (Å²) in [7, 11) is 0. The Kier molecular flexibility index (Phi) is 4.22. The fourth-order valence-corrected chi connectivity index (χ4v) is 1.94.